The average molecular weight is 1100 g/mol. The number of alkyl halides is 2. The van der Waals surface area contributed by atoms with Crippen molar-refractivity contribution in [3.8, 4) is 38.6 Å². The highest BCUT2D eigenvalue weighted by Gasteiger charge is 2.45. The molecule has 0 saturated carbocycles. The molecule has 0 spiro atoms. The molecule has 19 nitrogen and oxygen atoms in total. The monoisotopic (exact) mass is 1100 g/mol. The number of likely N-dealkylation sites (tertiary alicyclic amines) is 2. The molecule has 1 unspecified atom stereocenters. The van der Waals surface area contributed by atoms with Crippen LogP contribution in [-0.4, -0.2) is 121 Å². The number of thiazole rings is 1. The molecule has 2 aliphatic heterocycles. The largest absolute Gasteiger partial charge is 0.484 e. The number of aliphatic hydroxyl groups excluding tert-OH is 1. The van der Waals surface area contributed by atoms with Gasteiger partial charge < -0.3 is 31.1 Å². The van der Waals surface area contributed by atoms with E-state index in [0.29, 0.717) is 58.4 Å². The number of ether oxygens (including phenoxy) is 1. The maximum atomic E-state index is 14.3. The van der Waals surface area contributed by atoms with Crippen molar-refractivity contribution in [3.05, 3.63) is 113 Å². The number of benzene rings is 3. The van der Waals surface area contributed by atoms with Gasteiger partial charge in [-0.05, 0) is 66.6 Å². The van der Waals surface area contributed by atoms with Crippen LogP contribution in [0.25, 0.3) is 43.7 Å². The summed E-state index contributed by atoms with van der Waals surface area (Å²) in [5, 5.41) is 26.5. The zero-order chi connectivity index (χ0) is 55.1. The van der Waals surface area contributed by atoms with Crippen molar-refractivity contribution >= 4 is 61.5 Å². The number of anilines is 2. The van der Waals surface area contributed by atoms with E-state index < -0.39 is 63.1 Å². The number of hydrogen-bond donors (Lipinski definition) is 5. The molecule has 9 rings (SSSR count). The van der Waals surface area contributed by atoms with Gasteiger partial charge in [0.15, 0.2) is 0 Å². The van der Waals surface area contributed by atoms with E-state index >= 15 is 0 Å². The van der Waals surface area contributed by atoms with E-state index in [2.05, 4.69) is 20.6 Å². The van der Waals surface area contributed by atoms with Crippen LogP contribution in [0.2, 0.25) is 0 Å². The van der Waals surface area contributed by atoms with Crippen LogP contribution in [0.4, 0.5) is 24.7 Å². The Kier molecular flexibility index (Phi) is 15.5. The first-order valence-electron chi connectivity index (χ1n) is 24.8. The lowest BCUT2D eigenvalue weighted by Crippen LogP contribution is -2.58. The smallest absolute Gasteiger partial charge is 0.355 e. The Morgan fingerprint density at radius 1 is 0.987 bits per heavy atom. The van der Waals surface area contributed by atoms with Crippen molar-refractivity contribution in [2.45, 2.75) is 90.1 Å². The highest BCUT2D eigenvalue weighted by atomic mass is 32.2. The van der Waals surface area contributed by atoms with Crippen molar-refractivity contribution in [1.29, 1.82) is 0 Å². The van der Waals surface area contributed by atoms with Crippen LogP contribution >= 0.6 is 11.3 Å². The highest BCUT2D eigenvalue weighted by Crippen LogP contribution is 2.41. The lowest BCUT2D eigenvalue weighted by Gasteiger charge is -2.35. The molecule has 3 aromatic carbocycles. The van der Waals surface area contributed by atoms with E-state index in [9.17, 15) is 41.1 Å². The summed E-state index contributed by atoms with van der Waals surface area (Å²) in [6.45, 7) is 10.3. The van der Waals surface area contributed by atoms with E-state index in [1.165, 1.54) is 47.4 Å². The molecule has 0 radical (unpaired) electrons. The van der Waals surface area contributed by atoms with Gasteiger partial charge in [0.1, 0.15) is 41.3 Å². The Morgan fingerprint density at radius 3 is 2.40 bits per heavy atom. The number of nitrogen functional groups attached to an aromatic ring is 1. The summed E-state index contributed by atoms with van der Waals surface area (Å²) in [5.41, 5.74) is 13.3. The van der Waals surface area contributed by atoms with E-state index in [4.69, 9.17) is 20.7 Å². The molecule has 2 fully saturated rings. The Hall–Kier alpha value is -7.41. The minimum atomic E-state index is -5.10. The first-order chi connectivity index (χ1) is 36.5. The number of rotatable bonds is 17. The fraction of sp³-hybridized carbons (Fsp3) is 0.377. The Balaban J connectivity index is 0.863. The van der Waals surface area contributed by atoms with E-state index in [0.717, 1.165) is 21.7 Å². The number of nitrogens with one attached hydrogen (secondary N) is 3. The number of carbonyl (C=O) groups is 3. The topological polar surface area (TPSA) is 245 Å². The number of carbonyl (C=O) groups excluding carboxylic acids is 3. The molecule has 7 aromatic rings. The van der Waals surface area contributed by atoms with Crippen LogP contribution in [0, 0.1) is 18.2 Å². The van der Waals surface area contributed by atoms with Crippen molar-refractivity contribution < 1.29 is 45.8 Å². The normalized spacial score (nSPS) is 18.0. The summed E-state index contributed by atoms with van der Waals surface area (Å²) in [5.74, 6) is -5.39. The number of sulfonamides is 1. The molecule has 3 amide bonds. The molecular weight excluding hydrogens is 1040 g/mol. The van der Waals surface area contributed by atoms with Gasteiger partial charge in [-0.2, -0.15) is 19.0 Å². The summed E-state index contributed by atoms with van der Waals surface area (Å²) in [7, 11) is -3.38. The number of nitrogens with zero attached hydrogens (tertiary/aromatic N) is 8. The highest BCUT2D eigenvalue weighted by molar-refractivity contribution is 7.93. The Bertz CT molecular complexity index is 3440. The summed E-state index contributed by atoms with van der Waals surface area (Å²) < 4.78 is 76.9. The molecular formula is C53H59F3N12O7S2. The van der Waals surface area contributed by atoms with E-state index in [1.54, 1.807) is 47.9 Å². The van der Waals surface area contributed by atoms with Gasteiger partial charge in [-0.3, -0.25) is 33.4 Å². The molecule has 6 heterocycles. The molecule has 2 aliphatic rings. The summed E-state index contributed by atoms with van der Waals surface area (Å²) in [4.78, 5) is 55.0. The summed E-state index contributed by atoms with van der Waals surface area (Å²) >= 11 is 1.56. The van der Waals surface area contributed by atoms with Gasteiger partial charge in [-0.15, -0.1) is 11.3 Å². The van der Waals surface area contributed by atoms with Gasteiger partial charge in [-0.25, -0.2) is 22.8 Å². The zero-order valence-electron chi connectivity index (χ0n) is 43.1. The van der Waals surface area contributed by atoms with Crippen molar-refractivity contribution in [2.24, 2.45) is 12.5 Å². The quantitative estimate of drug-likeness (QED) is 0.0630. The minimum absolute atomic E-state index is 0.00431. The lowest BCUT2D eigenvalue weighted by molar-refractivity contribution is -0.144. The Labute approximate surface area is 446 Å². The SMILES string of the molecule is Cc1ncsc1-c1ccc(CNC(=O)[C@@H]2C[C@@H](O)CN2C(=O)[C@@H](NC(=O)CN2CCC(n3cc(-c4cnc(N)c5c(-c6ccc(NS(=O)(=O)C(F)F)c(O[C@@H](C)c7ccc(F)cc7)c6)nn(C)c45)cn3)C2)C(C)(C)C)cc1. The van der Waals surface area contributed by atoms with Gasteiger partial charge in [0, 0.05) is 68.7 Å². The first kappa shape index (κ1) is 54.4. The molecule has 6 N–H and O–H groups in total. The van der Waals surface area contributed by atoms with Crippen molar-refractivity contribution in [3.63, 3.8) is 0 Å². The summed E-state index contributed by atoms with van der Waals surface area (Å²) in [6, 6.07) is 15.4. The molecule has 4 aromatic heterocycles. The van der Waals surface area contributed by atoms with Crippen LogP contribution in [0.15, 0.2) is 90.8 Å². The van der Waals surface area contributed by atoms with E-state index in [-0.39, 0.29) is 55.3 Å². The standard InChI is InChI=1S/C53H59F3N12O7S2/c1-29-47(76-28-60-29)33-9-7-31(8-10-33)21-59-50(71)41-20-38(69)26-67(41)51(72)48(53(3,4)5)62-43(70)27-66-18-17-37(25-66)68-24-35(22-61-68)39-23-58-49(57)44-45(63-65(6)46(39)44)34-13-16-40(64-77(73,74)52(55)56)42(19-34)75-30(2)32-11-14-36(54)15-12-32/h7-16,19,22-24,28,30,37-38,41,48,52,64,69H,17-18,20-21,25-27H2,1-6H3,(H2,57,58)(H,59,71)(H,62,70)/t30-,37?,38+,41-,48+/m0/s1. The first-order valence-corrected chi connectivity index (χ1v) is 27.3. The second-order valence-corrected chi connectivity index (χ2v) is 23.0. The Morgan fingerprint density at radius 2 is 1.71 bits per heavy atom. The van der Waals surface area contributed by atoms with Gasteiger partial charge in [0.05, 0.1) is 57.6 Å². The number of halogens is 3. The molecule has 77 heavy (non-hydrogen) atoms. The third kappa shape index (κ3) is 11.8. The molecule has 0 bridgehead atoms. The predicted molar refractivity (Wildman–Crippen MR) is 285 cm³/mol. The van der Waals surface area contributed by atoms with Crippen LogP contribution in [0.3, 0.4) is 0 Å². The van der Waals surface area contributed by atoms with Gasteiger partial charge in [0.2, 0.25) is 17.7 Å². The summed E-state index contributed by atoms with van der Waals surface area (Å²) in [6.07, 6.45) is 4.20. The minimum Gasteiger partial charge on any atom is -0.484 e. The number of fused-ring (bicyclic) bond motifs is 1. The van der Waals surface area contributed by atoms with Gasteiger partial charge >= 0.3 is 5.76 Å². The van der Waals surface area contributed by atoms with E-state index in [1.807, 2.05) is 72.5 Å². The molecule has 406 valence electrons. The third-order valence-electron chi connectivity index (χ3n) is 13.9. The fourth-order valence-electron chi connectivity index (χ4n) is 9.83. The number of amides is 3. The molecule has 0 aliphatic carbocycles. The second kappa shape index (κ2) is 21.9. The van der Waals surface area contributed by atoms with Gasteiger partial charge in [-0.1, -0.05) is 63.2 Å². The third-order valence-corrected chi connectivity index (χ3v) is 15.8. The number of β-amino-alcohol motifs (C(OH)–C–C–N with tert-alkyl or cyclic N) is 1. The van der Waals surface area contributed by atoms with Crippen molar-refractivity contribution in [2.75, 3.05) is 36.6 Å². The number of hydrogen-bond acceptors (Lipinski definition) is 14. The number of pyridine rings is 1. The van der Waals surface area contributed by atoms with Gasteiger partial charge in [0.25, 0.3) is 10.0 Å². The molecule has 24 heteroatoms. The number of aliphatic hydroxyl groups is 1. The number of aryl methyl sites for hydroxylation is 2. The van der Waals surface area contributed by atoms with Crippen LogP contribution in [0.5, 0.6) is 5.75 Å². The lowest BCUT2D eigenvalue weighted by atomic mass is 9.85. The van der Waals surface area contributed by atoms with Crippen LogP contribution in [-0.2, 0) is 38.0 Å². The second-order valence-electron chi connectivity index (χ2n) is 20.5. The van der Waals surface area contributed by atoms with Crippen LogP contribution in [0.1, 0.15) is 69.5 Å². The number of aromatic nitrogens is 6. The zero-order valence-corrected chi connectivity index (χ0v) is 44.7. The average Bonchev–Trinajstić information content (AvgIpc) is 4.29. The fourth-order valence-corrected chi connectivity index (χ4v) is 11.2. The van der Waals surface area contributed by atoms with Crippen molar-refractivity contribution in [1.82, 2.24) is 50.0 Å². The number of nitrogens with two attached hydrogens (primary N) is 1. The molecule has 5 atom stereocenters. The van der Waals surface area contributed by atoms with Crippen LogP contribution < -0.4 is 25.8 Å². The maximum absolute atomic E-state index is 14.3. The maximum Gasteiger partial charge on any atom is 0.355 e. The molecule has 2 saturated heterocycles. The predicted octanol–water partition coefficient (Wildman–Crippen LogP) is 6.81.